The summed E-state index contributed by atoms with van der Waals surface area (Å²) in [4.78, 5) is 0.363. The molecule has 0 amide bonds. The summed E-state index contributed by atoms with van der Waals surface area (Å²) in [7, 11) is -1.81. The number of thioether (sulfide) groups is 1. The van der Waals surface area contributed by atoms with Gasteiger partial charge in [0.25, 0.3) is 0 Å². The third kappa shape index (κ3) is 3.75. The predicted molar refractivity (Wildman–Crippen MR) is 86.5 cm³/mol. The van der Waals surface area contributed by atoms with Gasteiger partial charge in [0.15, 0.2) is 0 Å². The maximum atomic E-state index is 12.8. The van der Waals surface area contributed by atoms with E-state index in [-0.39, 0.29) is 6.04 Å². The normalized spacial score (nSPS) is 13.7. The summed E-state index contributed by atoms with van der Waals surface area (Å²) in [5, 5.41) is 0. The highest BCUT2D eigenvalue weighted by Crippen LogP contribution is 2.23. The van der Waals surface area contributed by atoms with Crippen molar-refractivity contribution in [2.75, 3.05) is 19.1 Å². The van der Waals surface area contributed by atoms with E-state index in [9.17, 15) is 8.42 Å². The average Bonchev–Trinajstić information content (AvgIpc) is 2.44. The Balaban J connectivity index is 3.21. The van der Waals surface area contributed by atoms with Crippen LogP contribution in [-0.2, 0) is 16.6 Å². The maximum absolute atomic E-state index is 12.8. The van der Waals surface area contributed by atoms with Gasteiger partial charge in [0.2, 0.25) is 10.0 Å². The van der Waals surface area contributed by atoms with E-state index < -0.39 is 10.0 Å². The zero-order chi connectivity index (χ0) is 15.3. The molecular weight excluding hydrogens is 292 g/mol. The van der Waals surface area contributed by atoms with Gasteiger partial charge in [-0.3, -0.25) is 0 Å². The van der Waals surface area contributed by atoms with Crippen molar-refractivity contribution < 1.29 is 8.42 Å². The van der Waals surface area contributed by atoms with E-state index in [0.717, 1.165) is 23.3 Å². The first-order valence-corrected chi connectivity index (χ1v) is 9.48. The zero-order valence-corrected chi connectivity index (χ0v) is 14.2. The number of rotatable bonds is 7. The monoisotopic (exact) mass is 316 g/mol. The van der Waals surface area contributed by atoms with Gasteiger partial charge in [0.1, 0.15) is 0 Å². The molecule has 0 saturated carbocycles. The van der Waals surface area contributed by atoms with Crippen molar-refractivity contribution >= 4 is 21.8 Å². The molecule has 0 heterocycles. The molecule has 0 aliphatic heterocycles. The van der Waals surface area contributed by atoms with E-state index in [1.165, 1.54) is 4.31 Å². The Hall–Kier alpha value is -0.560. The summed E-state index contributed by atoms with van der Waals surface area (Å²) in [5.41, 5.74) is 7.20. The molecule has 0 aromatic heterocycles. The molecule has 0 saturated heterocycles. The molecule has 2 N–H and O–H groups in total. The van der Waals surface area contributed by atoms with Crippen LogP contribution in [-0.4, -0.2) is 37.8 Å². The Morgan fingerprint density at radius 3 is 2.55 bits per heavy atom. The number of hydrogen-bond acceptors (Lipinski definition) is 4. The number of nitrogens with two attached hydrogens (primary N) is 1. The van der Waals surface area contributed by atoms with Gasteiger partial charge in [-0.25, -0.2) is 8.42 Å². The molecule has 114 valence electrons. The van der Waals surface area contributed by atoms with Crippen molar-refractivity contribution in [2.45, 2.75) is 37.8 Å². The lowest BCUT2D eigenvalue weighted by molar-refractivity contribution is 0.385. The van der Waals surface area contributed by atoms with Gasteiger partial charge in [-0.05, 0) is 36.8 Å². The van der Waals surface area contributed by atoms with Gasteiger partial charge in [0, 0.05) is 25.4 Å². The van der Waals surface area contributed by atoms with Crippen LogP contribution in [0.1, 0.15) is 24.5 Å². The Labute approximate surface area is 126 Å². The third-order valence-electron chi connectivity index (χ3n) is 3.49. The number of aryl methyl sites for hydroxylation is 1. The number of hydrogen-bond donors (Lipinski definition) is 1. The Morgan fingerprint density at radius 1 is 1.40 bits per heavy atom. The molecule has 1 rings (SSSR count). The highest BCUT2D eigenvalue weighted by Gasteiger charge is 2.28. The summed E-state index contributed by atoms with van der Waals surface area (Å²) in [5.74, 6) is 0.794. The van der Waals surface area contributed by atoms with E-state index in [1.807, 2.05) is 32.2 Å². The van der Waals surface area contributed by atoms with Crippen LogP contribution >= 0.6 is 11.8 Å². The second-order valence-corrected chi connectivity index (χ2v) is 7.72. The maximum Gasteiger partial charge on any atom is 0.243 e. The smallest absolute Gasteiger partial charge is 0.243 e. The van der Waals surface area contributed by atoms with E-state index in [0.29, 0.717) is 11.4 Å². The second-order valence-electron chi connectivity index (χ2n) is 4.84. The molecule has 0 radical (unpaired) electrons. The van der Waals surface area contributed by atoms with Crippen LogP contribution < -0.4 is 5.73 Å². The summed E-state index contributed by atoms with van der Waals surface area (Å²) in [6.07, 6.45) is 2.79. The molecule has 0 fully saturated rings. The van der Waals surface area contributed by atoms with Gasteiger partial charge < -0.3 is 5.73 Å². The number of sulfonamides is 1. The van der Waals surface area contributed by atoms with Crippen LogP contribution in [0.15, 0.2) is 23.1 Å². The zero-order valence-electron chi connectivity index (χ0n) is 12.6. The molecule has 4 nitrogen and oxygen atoms in total. The molecule has 0 aliphatic rings. The van der Waals surface area contributed by atoms with Crippen LogP contribution in [0.4, 0.5) is 0 Å². The first-order chi connectivity index (χ1) is 9.38. The van der Waals surface area contributed by atoms with Gasteiger partial charge in [-0.1, -0.05) is 19.1 Å². The lowest BCUT2D eigenvalue weighted by Gasteiger charge is -2.26. The molecule has 20 heavy (non-hydrogen) atoms. The molecule has 1 atom stereocenters. The SMILES string of the molecule is CCC(CSC)N(C)S(=O)(=O)c1cc(CN)ccc1C. The minimum atomic E-state index is -3.47. The average molecular weight is 316 g/mol. The van der Waals surface area contributed by atoms with E-state index >= 15 is 0 Å². The molecular formula is C14H24N2O2S2. The lowest BCUT2D eigenvalue weighted by atomic mass is 10.1. The minimum absolute atomic E-state index is 0.0101. The standard InChI is InChI=1S/C14H24N2O2S2/c1-5-13(10-19-4)16(3)20(17,18)14-8-12(9-15)7-6-11(14)2/h6-8,13H,5,9-10,15H2,1-4H3. The van der Waals surface area contributed by atoms with Crippen LogP contribution in [0, 0.1) is 6.92 Å². The highest BCUT2D eigenvalue weighted by atomic mass is 32.2. The Morgan fingerprint density at radius 2 is 2.05 bits per heavy atom. The van der Waals surface area contributed by atoms with Gasteiger partial charge in [0.05, 0.1) is 4.90 Å². The molecule has 0 aliphatic carbocycles. The van der Waals surface area contributed by atoms with Crippen LogP contribution in [0.25, 0.3) is 0 Å². The fourth-order valence-corrected chi connectivity index (χ4v) is 4.71. The van der Waals surface area contributed by atoms with Crippen LogP contribution in [0.3, 0.4) is 0 Å². The topological polar surface area (TPSA) is 63.4 Å². The fraction of sp³-hybridized carbons (Fsp3) is 0.571. The van der Waals surface area contributed by atoms with Crippen molar-refractivity contribution in [1.29, 1.82) is 0 Å². The first kappa shape index (κ1) is 17.5. The van der Waals surface area contributed by atoms with Crippen molar-refractivity contribution in [1.82, 2.24) is 4.31 Å². The number of nitrogens with zero attached hydrogens (tertiary/aromatic N) is 1. The van der Waals surface area contributed by atoms with Crippen LogP contribution in [0.5, 0.6) is 0 Å². The Kier molecular flexibility index (Phi) is 6.51. The third-order valence-corrected chi connectivity index (χ3v) is 6.26. The number of benzene rings is 1. The van der Waals surface area contributed by atoms with Crippen molar-refractivity contribution in [2.24, 2.45) is 5.73 Å². The summed E-state index contributed by atoms with van der Waals surface area (Å²) >= 11 is 1.66. The van der Waals surface area contributed by atoms with Gasteiger partial charge >= 0.3 is 0 Å². The van der Waals surface area contributed by atoms with Crippen LogP contribution in [0.2, 0.25) is 0 Å². The van der Waals surface area contributed by atoms with E-state index in [2.05, 4.69) is 0 Å². The largest absolute Gasteiger partial charge is 0.326 e. The predicted octanol–water partition coefficient (Wildman–Crippen LogP) is 2.22. The fourth-order valence-electron chi connectivity index (χ4n) is 2.07. The van der Waals surface area contributed by atoms with Gasteiger partial charge in [-0.15, -0.1) is 0 Å². The summed E-state index contributed by atoms with van der Waals surface area (Å²) in [6, 6.07) is 5.38. The minimum Gasteiger partial charge on any atom is -0.326 e. The van der Waals surface area contributed by atoms with Crippen molar-refractivity contribution in [3.63, 3.8) is 0 Å². The van der Waals surface area contributed by atoms with Gasteiger partial charge in [-0.2, -0.15) is 16.1 Å². The quantitative estimate of drug-likeness (QED) is 0.838. The summed E-state index contributed by atoms with van der Waals surface area (Å²) < 4.78 is 27.0. The molecule has 1 aromatic rings. The lowest BCUT2D eigenvalue weighted by Crippen LogP contribution is -2.38. The molecule has 0 bridgehead atoms. The molecule has 0 spiro atoms. The van der Waals surface area contributed by atoms with Crippen molar-refractivity contribution in [3.8, 4) is 0 Å². The molecule has 1 aromatic carbocycles. The highest BCUT2D eigenvalue weighted by molar-refractivity contribution is 7.98. The molecule has 6 heteroatoms. The van der Waals surface area contributed by atoms with E-state index in [1.54, 1.807) is 24.9 Å². The van der Waals surface area contributed by atoms with E-state index in [4.69, 9.17) is 5.73 Å². The molecule has 1 unspecified atom stereocenters. The van der Waals surface area contributed by atoms with Crippen molar-refractivity contribution in [3.05, 3.63) is 29.3 Å². The first-order valence-electron chi connectivity index (χ1n) is 6.65. The second kappa shape index (κ2) is 7.45. The summed E-state index contributed by atoms with van der Waals surface area (Å²) in [6.45, 7) is 4.17. The Bertz CT molecular complexity index is 544.